The van der Waals surface area contributed by atoms with Crippen molar-refractivity contribution in [2.45, 2.75) is 58.8 Å². The fourth-order valence-electron chi connectivity index (χ4n) is 4.39. The highest BCUT2D eigenvalue weighted by atomic mass is 19.4. The Kier molecular flexibility index (Phi) is 5.61. The normalized spacial score (nSPS) is 14.0. The van der Waals surface area contributed by atoms with Gasteiger partial charge in [-0.1, -0.05) is 12.1 Å². The number of nitrogens with zero attached hydrogens (tertiary/aromatic N) is 5. The summed E-state index contributed by atoms with van der Waals surface area (Å²) in [5.74, 6) is -0.368. The lowest BCUT2D eigenvalue weighted by molar-refractivity contribution is -0.136. The van der Waals surface area contributed by atoms with Crippen LogP contribution in [0.4, 0.5) is 18.9 Å². The lowest BCUT2D eigenvalue weighted by Gasteiger charge is -2.12. The molecule has 1 aliphatic carbocycles. The smallest absolute Gasteiger partial charge is 0.324 e. The van der Waals surface area contributed by atoms with Crippen LogP contribution in [0.1, 0.15) is 52.7 Å². The van der Waals surface area contributed by atoms with Gasteiger partial charge < -0.3 is 5.32 Å². The Morgan fingerprint density at radius 3 is 2.51 bits per heavy atom. The molecule has 3 heterocycles. The zero-order valence-corrected chi connectivity index (χ0v) is 19.6. The average molecular weight is 483 g/mol. The van der Waals surface area contributed by atoms with Gasteiger partial charge in [0.05, 0.1) is 28.9 Å². The Bertz CT molecular complexity index is 1430. The molecule has 0 saturated heterocycles. The number of pyridine rings is 1. The molecule has 1 aliphatic rings. The number of aromatic nitrogens is 5. The summed E-state index contributed by atoms with van der Waals surface area (Å²) in [6.45, 7) is 5.73. The number of aryl methyl sites for hydroxylation is 3. The number of fused-ring (bicyclic) bond motifs is 1. The van der Waals surface area contributed by atoms with Gasteiger partial charge in [0.1, 0.15) is 6.54 Å². The molecule has 35 heavy (non-hydrogen) atoms. The van der Waals surface area contributed by atoms with Gasteiger partial charge in [-0.25, -0.2) is 9.67 Å². The van der Waals surface area contributed by atoms with E-state index in [9.17, 15) is 18.0 Å². The van der Waals surface area contributed by atoms with E-state index >= 15 is 0 Å². The van der Waals surface area contributed by atoms with E-state index < -0.39 is 17.6 Å². The summed E-state index contributed by atoms with van der Waals surface area (Å²) in [7, 11) is 0. The van der Waals surface area contributed by atoms with Crippen LogP contribution >= 0.6 is 0 Å². The first-order valence-electron chi connectivity index (χ1n) is 11.4. The molecule has 7 nitrogen and oxygen atoms in total. The van der Waals surface area contributed by atoms with Gasteiger partial charge in [-0.05, 0) is 63.4 Å². The molecule has 3 aromatic heterocycles. The first-order valence-corrected chi connectivity index (χ1v) is 11.4. The van der Waals surface area contributed by atoms with Crippen molar-refractivity contribution >= 4 is 22.6 Å². The Labute approximate surface area is 200 Å². The Morgan fingerprint density at radius 2 is 1.86 bits per heavy atom. The molecule has 1 N–H and O–H groups in total. The fourth-order valence-corrected chi connectivity index (χ4v) is 4.39. The number of carbonyl (C=O) groups excluding carboxylic acids is 1. The van der Waals surface area contributed by atoms with Gasteiger partial charge in [0.25, 0.3) is 0 Å². The van der Waals surface area contributed by atoms with Crippen molar-refractivity contribution < 1.29 is 18.0 Å². The van der Waals surface area contributed by atoms with Crippen molar-refractivity contribution in [3.8, 4) is 0 Å². The second-order valence-electron chi connectivity index (χ2n) is 9.14. The molecule has 10 heteroatoms. The van der Waals surface area contributed by atoms with E-state index in [4.69, 9.17) is 0 Å². The van der Waals surface area contributed by atoms with Crippen LogP contribution < -0.4 is 5.32 Å². The van der Waals surface area contributed by atoms with Crippen molar-refractivity contribution in [2.75, 3.05) is 5.32 Å². The lowest BCUT2D eigenvalue weighted by Crippen LogP contribution is -2.20. The zero-order valence-electron chi connectivity index (χ0n) is 19.6. The molecule has 0 aliphatic heterocycles. The van der Waals surface area contributed by atoms with Crippen molar-refractivity contribution in [1.82, 2.24) is 24.5 Å². The minimum atomic E-state index is -4.53. The van der Waals surface area contributed by atoms with Crippen LogP contribution in [-0.2, 0) is 24.1 Å². The van der Waals surface area contributed by atoms with E-state index in [0.29, 0.717) is 17.9 Å². The number of nitrogens with one attached hydrogen (secondary N) is 1. The van der Waals surface area contributed by atoms with E-state index in [1.165, 1.54) is 11.6 Å². The molecule has 1 fully saturated rings. The SMILES string of the molecule is Cc1cc(C)n(Cc2cccc(NC(=O)Cn3nc(C)c4c(C(F)(F)F)cc(C5CC5)nc43)c2)n1. The Hall–Kier alpha value is -3.69. The average Bonchev–Trinajstić information content (AvgIpc) is 3.51. The Morgan fingerprint density at radius 1 is 1.09 bits per heavy atom. The summed E-state index contributed by atoms with van der Waals surface area (Å²) in [4.78, 5) is 17.3. The van der Waals surface area contributed by atoms with E-state index in [0.717, 1.165) is 35.9 Å². The van der Waals surface area contributed by atoms with Crippen LogP contribution in [0.5, 0.6) is 0 Å². The summed E-state index contributed by atoms with van der Waals surface area (Å²) < 4.78 is 44.5. The number of hydrogen-bond acceptors (Lipinski definition) is 4. The standard InChI is InChI=1S/C25H25F3N6O/c1-14-9-15(2)33(31-14)12-17-5-4-6-19(10-17)29-22(35)13-34-24-23(16(3)32-34)20(25(26,27)28)11-21(30-24)18-7-8-18/h4-6,9-11,18H,7-8,12-13H2,1-3H3,(H,29,35). The molecule has 0 spiro atoms. The second kappa shape index (κ2) is 8.51. The molecule has 4 aromatic rings. The monoisotopic (exact) mass is 482 g/mol. The largest absolute Gasteiger partial charge is 0.417 e. The van der Waals surface area contributed by atoms with E-state index in [1.54, 1.807) is 6.07 Å². The maximum Gasteiger partial charge on any atom is 0.417 e. The minimum absolute atomic E-state index is 0.0305. The summed E-state index contributed by atoms with van der Waals surface area (Å²) >= 11 is 0. The summed E-state index contributed by atoms with van der Waals surface area (Å²) in [6.07, 6.45) is -2.90. The second-order valence-corrected chi connectivity index (χ2v) is 9.14. The van der Waals surface area contributed by atoms with Gasteiger partial charge in [0.2, 0.25) is 5.91 Å². The molecule has 0 radical (unpaired) electrons. The lowest BCUT2D eigenvalue weighted by atomic mass is 10.1. The summed E-state index contributed by atoms with van der Waals surface area (Å²) in [5.41, 5.74) is 3.46. The van der Waals surface area contributed by atoms with Crippen molar-refractivity contribution in [3.05, 3.63) is 70.3 Å². The van der Waals surface area contributed by atoms with Crippen LogP contribution in [0.15, 0.2) is 36.4 Å². The third-order valence-corrected chi connectivity index (χ3v) is 6.14. The van der Waals surface area contributed by atoms with E-state index in [1.807, 2.05) is 42.8 Å². The van der Waals surface area contributed by atoms with Gasteiger partial charge in [0, 0.05) is 23.0 Å². The molecule has 0 unspecified atom stereocenters. The van der Waals surface area contributed by atoms with Crippen LogP contribution in [0.25, 0.3) is 11.0 Å². The van der Waals surface area contributed by atoms with Crippen molar-refractivity contribution in [1.29, 1.82) is 0 Å². The van der Waals surface area contributed by atoms with Gasteiger partial charge >= 0.3 is 6.18 Å². The predicted molar refractivity (Wildman–Crippen MR) is 125 cm³/mol. The molecule has 1 aromatic carbocycles. The molecular formula is C25H25F3N6O. The molecule has 0 atom stereocenters. The highest BCUT2D eigenvalue weighted by molar-refractivity contribution is 5.92. The number of carbonyl (C=O) groups is 1. The zero-order chi connectivity index (χ0) is 24.9. The van der Waals surface area contributed by atoms with Crippen molar-refractivity contribution in [3.63, 3.8) is 0 Å². The van der Waals surface area contributed by atoms with Gasteiger partial charge in [0.15, 0.2) is 5.65 Å². The third-order valence-electron chi connectivity index (χ3n) is 6.14. The molecule has 1 amide bonds. The third kappa shape index (κ3) is 4.78. The van der Waals surface area contributed by atoms with E-state index in [-0.39, 0.29) is 29.2 Å². The Balaban J connectivity index is 1.39. The van der Waals surface area contributed by atoms with Gasteiger partial charge in [-0.15, -0.1) is 0 Å². The van der Waals surface area contributed by atoms with E-state index in [2.05, 4.69) is 20.5 Å². The number of amides is 1. The highest BCUT2D eigenvalue weighted by Crippen LogP contribution is 2.43. The number of hydrogen-bond donors (Lipinski definition) is 1. The summed E-state index contributed by atoms with van der Waals surface area (Å²) in [6, 6.07) is 10.5. The topological polar surface area (TPSA) is 77.6 Å². The van der Waals surface area contributed by atoms with Crippen LogP contribution in [-0.4, -0.2) is 30.5 Å². The number of rotatable bonds is 6. The van der Waals surface area contributed by atoms with Gasteiger partial charge in [-0.2, -0.15) is 23.4 Å². The number of anilines is 1. The van der Waals surface area contributed by atoms with Crippen LogP contribution in [0.2, 0.25) is 0 Å². The predicted octanol–water partition coefficient (Wildman–Crippen LogP) is 5.14. The molecule has 1 saturated carbocycles. The first kappa shape index (κ1) is 23.1. The minimum Gasteiger partial charge on any atom is -0.324 e. The van der Waals surface area contributed by atoms with Crippen LogP contribution in [0, 0.1) is 20.8 Å². The molecule has 5 rings (SSSR count). The number of benzene rings is 1. The molecular weight excluding hydrogens is 457 g/mol. The first-order chi connectivity index (χ1) is 16.6. The maximum atomic E-state index is 13.8. The number of halogens is 3. The fraction of sp³-hybridized carbons (Fsp3) is 0.360. The quantitative estimate of drug-likeness (QED) is 0.413. The number of alkyl halides is 3. The maximum absolute atomic E-state index is 13.8. The summed E-state index contributed by atoms with van der Waals surface area (Å²) in [5, 5.41) is 11.5. The van der Waals surface area contributed by atoms with Gasteiger partial charge in [-0.3, -0.25) is 9.48 Å². The highest BCUT2D eigenvalue weighted by Gasteiger charge is 2.37. The van der Waals surface area contributed by atoms with Crippen LogP contribution in [0.3, 0.4) is 0 Å². The molecule has 182 valence electrons. The molecule has 0 bridgehead atoms. The van der Waals surface area contributed by atoms with Crippen molar-refractivity contribution in [2.24, 2.45) is 0 Å².